The van der Waals surface area contributed by atoms with E-state index in [2.05, 4.69) is 32.2 Å². The van der Waals surface area contributed by atoms with Crippen LogP contribution < -0.4 is 5.73 Å². The lowest BCUT2D eigenvalue weighted by Gasteiger charge is -2.38. The van der Waals surface area contributed by atoms with Gasteiger partial charge in [-0.25, -0.2) is 4.68 Å². The van der Waals surface area contributed by atoms with Crippen LogP contribution in [0, 0.1) is 0 Å². The zero-order valence-corrected chi connectivity index (χ0v) is 17.0. The van der Waals surface area contributed by atoms with Gasteiger partial charge in [0.2, 0.25) is 5.91 Å². The lowest BCUT2D eigenvalue weighted by molar-refractivity contribution is 0.0999. The molecule has 3 heterocycles. The topological polar surface area (TPSA) is 77.0 Å². The molecule has 1 aromatic carbocycles. The molecular formula is C23H31N5O. The van der Waals surface area contributed by atoms with Crippen molar-refractivity contribution in [2.45, 2.75) is 88.4 Å². The number of primary amides is 1. The van der Waals surface area contributed by atoms with Gasteiger partial charge in [0.05, 0.1) is 17.9 Å². The Labute approximate surface area is 172 Å². The Bertz CT molecular complexity index is 858. The van der Waals surface area contributed by atoms with E-state index >= 15 is 0 Å². The average Bonchev–Trinajstić information content (AvgIpc) is 3.30. The standard InChI is InChI=1S/C23H31N5O/c24-23(29)17-6-4-5-16(11-17)18-12-21-9-10-22(13-18)27(21)14-19-15-28(26-25-19)20-7-2-1-3-8-20/h4-6,11,15,18,20-22H,1-3,7-10,12-14H2,(H2,24,29)/t18-,21+,22-. The third-order valence-corrected chi connectivity index (χ3v) is 7.38. The molecule has 154 valence electrons. The van der Waals surface area contributed by atoms with Crippen molar-refractivity contribution >= 4 is 5.91 Å². The minimum atomic E-state index is -0.340. The van der Waals surface area contributed by atoms with Gasteiger partial charge in [-0.3, -0.25) is 9.69 Å². The fourth-order valence-electron chi connectivity index (χ4n) is 5.85. The van der Waals surface area contributed by atoms with E-state index in [9.17, 15) is 4.79 Å². The molecule has 0 unspecified atom stereocenters. The van der Waals surface area contributed by atoms with Gasteiger partial charge in [-0.1, -0.05) is 36.6 Å². The first-order chi connectivity index (χ1) is 14.2. The third kappa shape index (κ3) is 3.82. The van der Waals surface area contributed by atoms with Gasteiger partial charge in [-0.2, -0.15) is 0 Å². The van der Waals surface area contributed by atoms with Crippen LogP contribution in [0.5, 0.6) is 0 Å². The van der Waals surface area contributed by atoms with E-state index < -0.39 is 0 Å². The van der Waals surface area contributed by atoms with Gasteiger partial charge in [0, 0.05) is 24.2 Å². The van der Waals surface area contributed by atoms with Gasteiger partial charge in [0.25, 0.3) is 0 Å². The number of fused-ring (bicyclic) bond motifs is 2. The Morgan fingerprint density at radius 1 is 1.03 bits per heavy atom. The molecule has 0 radical (unpaired) electrons. The van der Waals surface area contributed by atoms with Crippen molar-refractivity contribution in [3.8, 4) is 0 Å². The summed E-state index contributed by atoms with van der Waals surface area (Å²) in [7, 11) is 0. The molecule has 6 heteroatoms. The van der Waals surface area contributed by atoms with Crippen molar-refractivity contribution in [1.29, 1.82) is 0 Å². The minimum Gasteiger partial charge on any atom is -0.366 e. The maximum absolute atomic E-state index is 11.5. The van der Waals surface area contributed by atoms with E-state index in [1.54, 1.807) is 0 Å². The number of rotatable bonds is 5. The molecule has 0 spiro atoms. The largest absolute Gasteiger partial charge is 0.366 e. The van der Waals surface area contributed by atoms with Crippen LogP contribution >= 0.6 is 0 Å². The number of piperidine rings is 1. The maximum Gasteiger partial charge on any atom is 0.248 e. The van der Waals surface area contributed by atoms with Crippen molar-refractivity contribution < 1.29 is 4.79 Å². The van der Waals surface area contributed by atoms with E-state index in [-0.39, 0.29) is 5.91 Å². The molecule has 3 atom stereocenters. The summed E-state index contributed by atoms with van der Waals surface area (Å²) in [5, 5.41) is 8.97. The highest BCUT2D eigenvalue weighted by molar-refractivity contribution is 5.92. The second-order valence-electron chi connectivity index (χ2n) is 9.20. The van der Waals surface area contributed by atoms with E-state index in [1.165, 1.54) is 50.5 Å². The van der Waals surface area contributed by atoms with Gasteiger partial charge >= 0.3 is 0 Å². The minimum absolute atomic E-state index is 0.340. The molecule has 3 aliphatic rings. The second kappa shape index (κ2) is 7.90. The summed E-state index contributed by atoms with van der Waals surface area (Å²) in [5.41, 5.74) is 8.48. The summed E-state index contributed by atoms with van der Waals surface area (Å²) in [5.74, 6) is 0.175. The molecule has 1 aromatic heterocycles. The van der Waals surface area contributed by atoms with E-state index in [0.29, 0.717) is 29.6 Å². The first-order valence-electron chi connectivity index (χ1n) is 11.2. The van der Waals surface area contributed by atoms with Crippen molar-refractivity contribution in [2.75, 3.05) is 0 Å². The number of hydrogen-bond acceptors (Lipinski definition) is 4. The number of carbonyl (C=O) groups excluding carboxylic acids is 1. The fourth-order valence-corrected chi connectivity index (χ4v) is 5.85. The summed E-state index contributed by atoms with van der Waals surface area (Å²) in [6.07, 6.45) is 13.5. The molecule has 6 nitrogen and oxygen atoms in total. The summed E-state index contributed by atoms with van der Waals surface area (Å²) in [6, 6.07) is 9.66. The number of nitrogens with zero attached hydrogens (tertiary/aromatic N) is 4. The quantitative estimate of drug-likeness (QED) is 0.838. The summed E-state index contributed by atoms with van der Waals surface area (Å²) in [4.78, 5) is 14.2. The number of amides is 1. The molecule has 29 heavy (non-hydrogen) atoms. The van der Waals surface area contributed by atoms with Crippen molar-refractivity contribution in [1.82, 2.24) is 19.9 Å². The molecule has 1 aliphatic carbocycles. The van der Waals surface area contributed by atoms with E-state index in [1.807, 2.05) is 18.2 Å². The summed E-state index contributed by atoms with van der Waals surface area (Å²) < 4.78 is 2.12. The van der Waals surface area contributed by atoms with E-state index in [0.717, 1.165) is 25.1 Å². The van der Waals surface area contributed by atoms with Crippen molar-refractivity contribution in [3.63, 3.8) is 0 Å². The maximum atomic E-state index is 11.5. The molecule has 2 saturated heterocycles. The number of carbonyl (C=O) groups is 1. The Balaban J connectivity index is 1.26. The van der Waals surface area contributed by atoms with E-state index in [4.69, 9.17) is 5.73 Å². The molecule has 1 amide bonds. The SMILES string of the molecule is NC(=O)c1cccc([C@H]2C[C@H]3CC[C@@H](C2)N3Cc2cn(C3CCCCC3)nn2)c1. The van der Waals surface area contributed by atoms with Crippen LogP contribution in [0.1, 0.15) is 91.4 Å². The van der Waals surface area contributed by atoms with Crippen LogP contribution in [0.15, 0.2) is 30.5 Å². The van der Waals surface area contributed by atoms with Crippen LogP contribution in [0.25, 0.3) is 0 Å². The lowest BCUT2D eigenvalue weighted by atomic mass is 9.84. The third-order valence-electron chi connectivity index (χ3n) is 7.38. The predicted molar refractivity (Wildman–Crippen MR) is 111 cm³/mol. The first-order valence-corrected chi connectivity index (χ1v) is 11.2. The monoisotopic (exact) mass is 393 g/mol. The molecule has 1 saturated carbocycles. The average molecular weight is 394 g/mol. The van der Waals surface area contributed by atoms with Gasteiger partial charge in [-0.05, 0) is 62.1 Å². The molecule has 3 fully saturated rings. The number of aromatic nitrogens is 3. The smallest absolute Gasteiger partial charge is 0.248 e. The highest BCUT2D eigenvalue weighted by Gasteiger charge is 2.41. The number of nitrogens with two attached hydrogens (primary N) is 1. The fraction of sp³-hybridized carbons (Fsp3) is 0.609. The van der Waals surface area contributed by atoms with Crippen LogP contribution in [-0.4, -0.2) is 37.9 Å². The van der Waals surface area contributed by atoms with Crippen LogP contribution in [0.4, 0.5) is 0 Å². The molecule has 2 aromatic rings. The number of hydrogen-bond donors (Lipinski definition) is 1. The zero-order chi connectivity index (χ0) is 19.8. The van der Waals surface area contributed by atoms with Gasteiger partial charge in [0.1, 0.15) is 0 Å². The Morgan fingerprint density at radius 2 is 1.79 bits per heavy atom. The molecule has 2 aliphatic heterocycles. The number of benzene rings is 1. The van der Waals surface area contributed by atoms with Crippen LogP contribution in [0.3, 0.4) is 0 Å². The Hall–Kier alpha value is -2.21. The zero-order valence-electron chi connectivity index (χ0n) is 17.0. The lowest BCUT2D eigenvalue weighted by Crippen LogP contribution is -2.41. The summed E-state index contributed by atoms with van der Waals surface area (Å²) in [6.45, 7) is 0.913. The first kappa shape index (κ1) is 18.8. The van der Waals surface area contributed by atoms with Gasteiger partial charge < -0.3 is 5.73 Å². The van der Waals surface area contributed by atoms with Crippen molar-refractivity contribution in [2.24, 2.45) is 5.73 Å². The van der Waals surface area contributed by atoms with Gasteiger partial charge in [0.15, 0.2) is 0 Å². The predicted octanol–water partition coefficient (Wildman–Crippen LogP) is 3.79. The normalized spacial score (nSPS) is 27.9. The highest BCUT2D eigenvalue weighted by Crippen LogP contribution is 2.43. The van der Waals surface area contributed by atoms with Crippen LogP contribution in [-0.2, 0) is 6.54 Å². The van der Waals surface area contributed by atoms with Gasteiger partial charge in [-0.15, -0.1) is 5.10 Å². The Morgan fingerprint density at radius 3 is 2.52 bits per heavy atom. The molecule has 5 rings (SSSR count). The summed E-state index contributed by atoms with van der Waals surface area (Å²) >= 11 is 0. The molecule has 2 bridgehead atoms. The highest BCUT2D eigenvalue weighted by atomic mass is 16.1. The van der Waals surface area contributed by atoms with Crippen molar-refractivity contribution in [3.05, 3.63) is 47.3 Å². The molecular weight excluding hydrogens is 362 g/mol. The second-order valence-corrected chi connectivity index (χ2v) is 9.20. The molecule has 2 N–H and O–H groups in total. The Kier molecular flexibility index (Phi) is 5.12. The van der Waals surface area contributed by atoms with Crippen LogP contribution in [0.2, 0.25) is 0 Å².